The number of aromatic amines is 1. The van der Waals surface area contributed by atoms with E-state index in [1.54, 1.807) is 6.20 Å². The summed E-state index contributed by atoms with van der Waals surface area (Å²) in [6.07, 6.45) is -2.43. The Kier molecular flexibility index (Phi) is 6.49. The lowest BCUT2D eigenvalue weighted by atomic mass is 10.0. The predicted octanol–water partition coefficient (Wildman–Crippen LogP) is 1.64. The van der Waals surface area contributed by atoms with E-state index in [2.05, 4.69) is 15.0 Å². The Hall–Kier alpha value is -2.82. The fourth-order valence-corrected chi connectivity index (χ4v) is 2.89. The summed E-state index contributed by atoms with van der Waals surface area (Å²) in [7, 11) is 6.05. The maximum atomic E-state index is 12.4. The highest BCUT2D eigenvalue weighted by atomic mass is 19.4. The fourth-order valence-electron chi connectivity index (χ4n) is 2.89. The Morgan fingerprint density at radius 2 is 2.00 bits per heavy atom. The zero-order chi connectivity index (χ0) is 21.1. The first-order chi connectivity index (χ1) is 13.0. The van der Waals surface area contributed by atoms with Crippen LogP contribution >= 0.6 is 0 Å². The van der Waals surface area contributed by atoms with Crippen LogP contribution in [-0.2, 0) is 31.4 Å². The maximum absolute atomic E-state index is 12.4. The van der Waals surface area contributed by atoms with Crippen LogP contribution in [0.5, 0.6) is 0 Å². The molecular weight excluding hydrogens is 379 g/mol. The van der Waals surface area contributed by atoms with Crippen LogP contribution < -0.4 is 0 Å². The number of H-pyrrole nitrogens is 1. The molecule has 2 aromatic heterocycles. The SMILES string of the molecule is CN(C)Cc1nn(C)c2c1CCN(C(=O)c1ccc[nH]1)C2.O=C(O)C(F)(F)F. The van der Waals surface area contributed by atoms with E-state index < -0.39 is 12.1 Å². The summed E-state index contributed by atoms with van der Waals surface area (Å²) in [5, 5.41) is 11.7. The Morgan fingerprint density at radius 1 is 1.36 bits per heavy atom. The molecule has 0 fully saturated rings. The first-order valence-corrected chi connectivity index (χ1v) is 8.41. The molecular formula is C17H22F3N5O3. The number of carboxylic acid groups (broad SMARTS) is 1. The van der Waals surface area contributed by atoms with Crippen molar-refractivity contribution in [3.05, 3.63) is 41.0 Å². The van der Waals surface area contributed by atoms with Crippen molar-refractivity contribution in [1.82, 2.24) is 24.6 Å². The van der Waals surface area contributed by atoms with Gasteiger partial charge in [-0.1, -0.05) is 0 Å². The Balaban J connectivity index is 0.000000345. The molecule has 1 aliphatic heterocycles. The second kappa shape index (κ2) is 8.46. The molecule has 0 atom stereocenters. The molecule has 2 N–H and O–H groups in total. The van der Waals surface area contributed by atoms with Crippen LogP contribution in [0.15, 0.2) is 18.3 Å². The topological polar surface area (TPSA) is 94.5 Å². The molecule has 154 valence electrons. The monoisotopic (exact) mass is 401 g/mol. The van der Waals surface area contributed by atoms with Crippen molar-refractivity contribution in [2.75, 3.05) is 20.6 Å². The number of carboxylic acids is 1. The number of hydrogen-bond donors (Lipinski definition) is 2. The van der Waals surface area contributed by atoms with Crippen molar-refractivity contribution in [3.8, 4) is 0 Å². The van der Waals surface area contributed by atoms with Gasteiger partial charge in [-0.3, -0.25) is 9.48 Å². The highest BCUT2D eigenvalue weighted by Crippen LogP contribution is 2.23. The number of aromatic nitrogens is 3. The number of aryl methyl sites for hydroxylation is 1. The molecule has 0 bridgehead atoms. The molecule has 0 saturated heterocycles. The second-order valence-electron chi connectivity index (χ2n) is 6.60. The van der Waals surface area contributed by atoms with Crippen LogP contribution in [0.2, 0.25) is 0 Å². The number of alkyl halides is 3. The summed E-state index contributed by atoms with van der Waals surface area (Å²) in [6, 6.07) is 3.67. The molecule has 0 aliphatic carbocycles. The van der Waals surface area contributed by atoms with Crippen LogP contribution in [0, 0.1) is 0 Å². The van der Waals surface area contributed by atoms with E-state index in [9.17, 15) is 18.0 Å². The van der Waals surface area contributed by atoms with Gasteiger partial charge in [0.15, 0.2) is 0 Å². The standard InChI is InChI=1S/C15H21N5O.C2HF3O2/c1-18(2)9-13-11-6-8-20(10-14(11)19(3)17-13)15(21)12-5-4-7-16-12;3-2(4,5)1(6)7/h4-5,7,16H,6,8-10H2,1-3H3;(H,6,7). The van der Waals surface area contributed by atoms with Gasteiger partial charge in [0.25, 0.3) is 5.91 Å². The van der Waals surface area contributed by atoms with Gasteiger partial charge >= 0.3 is 12.1 Å². The molecule has 0 radical (unpaired) electrons. The molecule has 0 spiro atoms. The number of hydrogen-bond acceptors (Lipinski definition) is 4. The average Bonchev–Trinajstić information content (AvgIpc) is 3.22. The van der Waals surface area contributed by atoms with Crippen LogP contribution in [0.4, 0.5) is 13.2 Å². The van der Waals surface area contributed by atoms with E-state index >= 15 is 0 Å². The van der Waals surface area contributed by atoms with Gasteiger partial charge in [-0.2, -0.15) is 18.3 Å². The van der Waals surface area contributed by atoms with Crippen LogP contribution in [-0.4, -0.2) is 68.4 Å². The zero-order valence-electron chi connectivity index (χ0n) is 15.7. The van der Waals surface area contributed by atoms with Gasteiger partial charge in [0.1, 0.15) is 5.69 Å². The lowest BCUT2D eigenvalue weighted by molar-refractivity contribution is -0.192. The van der Waals surface area contributed by atoms with E-state index in [4.69, 9.17) is 9.90 Å². The largest absolute Gasteiger partial charge is 0.490 e. The average molecular weight is 401 g/mol. The minimum absolute atomic E-state index is 0.0565. The van der Waals surface area contributed by atoms with Crippen LogP contribution in [0.25, 0.3) is 0 Å². The third kappa shape index (κ3) is 5.12. The molecule has 0 saturated carbocycles. The summed E-state index contributed by atoms with van der Waals surface area (Å²) in [5.74, 6) is -2.70. The second-order valence-corrected chi connectivity index (χ2v) is 6.60. The van der Waals surface area contributed by atoms with Gasteiger partial charge < -0.3 is 19.9 Å². The quantitative estimate of drug-likeness (QED) is 0.816. The molecule has 0 aromatic carbocycles. The van der Waals surface area contributed by atoms with E-state index in [1.807, 2.05) is 42.9 Å². The third-order valence-corrected chi connectivity index (χ3v) is 4.15. The van der Waals surface area contributed by atoms with Gasteiger partial charge in [-0.15, -0.1) is 0 Å². The number of halogens is 3. The van der Waals surface area contributed by atoms with Crippen molar-refractivity contribution in [2.45, 2.75) is 25.7 Å². The molecule has 3 heterocycles. The predicted molar refractivity (Wildman–Crippen MR) is 93.5 cm³/mol. The lowest BCUT2D eigenvalue weighted by Gasteiger charge is -2.27. The zero-order valence-corrected chi connectivity index (χ0v) is 15.7. The fraction of sp³-hybridized carbons (Fsp3) is 0.471. The summed E-state index contributed by atoms with van der Waals surface area (Å²) in [6.45, 7) is 2.22. The third-order valence-electron chi connectivity index (χ3n) is 4.15. The van der Waals surface area contributed by atoms with Crippen LogP contribution in [0.1, 0.15) is 27.4 Å². The van der Waals surface area contributed by atoms with E-state index in [0.29, 0.717) is 12.2 Å². The number of carbonyl (C=O) groups is 2. The molecule has 1 amide bonds. The number of amides is 1. The van der Waals surface area contributed by atoms with Crippen molar-refractivity contribution in [1.29, 1.82) is 0 Å². The Bertz CT molecular complexity index is 828. The van der Waals surface area contributed by atoms with Gasteiger partial charge in [0.2, 0.25) is 0 Å². The highest BCUT2D eigenvalue weighted by Gasteiger charge is 2.38. The van der Waals surface area contributed by atoms with E-state index in [1.165, 1.54) is 5.56 Å². The summed E-state index contributed by atoms with van der Waals surface area (Å²) < 4.78 is 33.7. The first kappa shape index (κ1) is 21.5. The molecule has 2 aromatic rings. The molecule has 28 heavy (non-hydrogen) atoms. The van der Waals surface area contributed by atoms with Gasteiger partial charge in [0.05, 0.1) is 17.9 Å². The van der Waals surface area contributed by atoms with Crippen LogP contribution in [0.3, 0.4) is 0 Å². The minimum Gasteiger partial charge on any atom is -0.475 e. The molecule has 0 unspecified atom stereocenters. The first-order valence-electron chi connectivity index (χ1n) is 8.41. The smallest absolute Gasteiger partial charge is 0.475 e. The van der Waals surface area contributed by atoms with Crippen molar-refractivity contribution >= 4 is 11.9 Å². The minimum atomic E-state index is -5.08. The van der Waals surface area contributed by atoms with Gasteiger partial charge in [-0.25, -0.2) is 4.79 Å². The molecule has 11 heteroatoms. The lowest BCUT2D eigenvalue weighted by Crippen LogP contribution is -2.37. The Morgan fingerprint density at radius 3 is 2.50 bits per heavy atom. The number of carbonyl (C=O) groups excluding carboxylic acids is 1. The summed E-state index contributed by atoms with van der Waals surface area (Å²) in [5.41, 5.74) is 4.23. The number of nitrogens with zero attached hydrogens (tertiary/aromatic N) is 4. The van der Waals surface area contributed by atoms with E-state index in [0.717, 1.165) is 30.9 Å². The molecule has 1 aliphatic rings. The van der Waals surface area contributed by atoms with Gasteiger partial charge in [0, 0.05) is 31.9 Å². The highest BCUT2D eigenvalue weighted by molar-refractivity contribution is 5.92. The van der Waals surface area contributed by atoms with Gasteiger partial charge in [-0.05, 0) is 32.6 Å². The molecule has 8 nitrogen and oxygen atoms in total. The Labute approximate surface area is 159 Å². The van der Waals surface area contributed by atoms with Crippen molar-refractivity contribution in [2.24, 2.45) is 7.05 Å². The summed E-state index contributed by atoms with van der Waals surface area (Å²) >= 11 is 0. The van der Waals surface area contributed by atoms with Crippen molar-refractivity contribution < 1.29 is 27.9 Å². The maximum Gasteiger partial charge on any atom is 0.490 e. The number of fused-ring (bicyclic) bond motifs is 1. The number of rotatable bonds is 3. The number of nitrogens with one attached hydrogen (secondary N) is 1. The van der Waals surface area contributed by atoms with Crippen molar-refractivity contribution in [3.63, 3.8) is 0 Å². The van der Waals surface area contributed by atoms with E-state index in [-0.39, 0.29) is 5.91 Å². The molecule has 3 rings (SSSR count). The normalized spacial score (nSPS) is 13.8. The summed E-state index contributed by atoms with van der Waals surface area (Å²) in [4.78, 5) is 28.3. The number of aliphatic carboxylic acids is 1.